The van der Waals surface area contributed by atoms with E-state index in [4.69, 9.17) is 4.74 Å². The van der Waals surface area contributed by atoms with Crippen molar-refractivity contribution in [3.63, 3.8) is 0 Å². The number of ether oxygens (including phenoxy) is 1. The molecule has 4 heteroatoms. The van der Waals surface area contributed by atoms with Crippen LogP contribution in [0.1, 0.15) is 31.0 Å². The lowest BCUT2D eigenvalue weighted by molar-refractivity contribution is 0.110. The summed E-state index contributed by atoms with van der Waals surface area (Å²) in [7, 11) is 0. The van der Waals surface area contributed by atoms with Gasteiger partial charge in [0.25, 0.3) is 0 Å². The van der Waals surface area contributed by atoms with Gasteiger partial charge >= 0.3 is 0 Å². The molecule has 1 fully saturated rings. The van der Waals surface area contributed by atoms with Gasteiger partial charge in [-0.1, -0.05) is 0 Å². The summed E-state index contributed by atoms with van der Waals surface area (Å²) in [5.74, 6) is 0. The average molecular weight is 223 g/mol. The highest BCUT2D eigenvalue weighted by atomic mass is 16.5. The SMILES string of the molecule is CCn1cc(CNC[C@@H]2CCCO2)c(C)n1. The number of aryl methyl sites for hydroxylation is 2. The predicted octanol–water partition coefficient (Wildman–Crippen LogP) is 1.48. The summed E-state index contributed by atoms with van der Waals surface area (Å²) in [6, 6.07) is 0. The summed E-state index contributed by atoms with van der Waals surface area (Å²) in [6.07, 6.45) is 4.94. The maximum absolute atomic E-state index is 5.56. The molecule has 0 amide bonds. The van der Waals surface area contributed by atoms with Crippen LogP contribution < -0.4 is 5.32 Å². The van der Waals surface area contributed by atoms with Crippen LogP contribution in [0.25, 0.3) is 0 Å². The van der Waals surface area contributed by atoms with Crippen molar-refractivity contribution in [2.75, 3.05) is 13.2 Å². The Bertz CT molecular complexity index is 329. The van der Waals surface area contributed by atoms with Gasteiger partial charge < -0.3 is 10.1 Å². The van der Waals surface area contributed by atoms with Crippen LogP contribution >= 0.6 is 0 Å². The number of nitrogens with one attached hydrogen (secondary N) is 1. The van der Waals surface area contributed by atoms with Gasteiger partial charge in [-0.15, -0.1) is 0 Å². The minimum absolute atomic E-state index is 0.418. The van der Waals surface area contributed by atoms with Crippen molar-refractivity contribution in [2.24, 2.45) is 0 Å². The molecule has 1 aromatic heterocycles. The van der Waals surface area contributed by atoms with Crippen LogP contribution in [-0.2, 0) is 17.8 Å². The molecule has 4 nitrogen and oxygen atoms in total. The molecule has 90 valence electrons. The van der Waals surface area contributed by atoms with Gasteiger partial charge in [0.1, 0.15) is 0 Å². The summed E-state index contributed by atoms with van der Waals surface area (Å²) in [4.78, 5) is 0. The first-order valence-electron chi connectivity index (χ1n) is 6.15. The van der Waals surface area contributed by atoms with E-state index in [0.717, 1.165) is 31.9 Å². The minimum Gasteiger partial charge on any atom is -0.377 e. The van der Waals surface area contributed by atoms with Crippen molar-refractivity contribution in [3.8, 4) is 0 Å². The number of nitrogens with zero attached hydrogens (tertiary/aromatic N) is 2. The van der Waals surface area contributed by atoms with Crippen molar-refractivity contribution in [2.45, 2.75) is 45.9 Å². The first-order chi connectivity index (χ1) is 7.79. The second-order valence-corrected chi connectivity index (χ2v) is 4.36. The van der Waals surface area contributed by atoms with Gasteiger partial charge in [-0.05, 0) is 26.7 Å². The lowest BCUT2D eigenvalue weighted by Crippen LogP contribution is -2.25. The van der Waals surface area contributed by atoms with Crippen molar-refractivity contribution < 1.29 is 4.74 Å². The molecule has 0 spiro atoms. The summed E-state index contributed by atoms with van der Waals surface area (Å²) < 4.78 is 7.55. The smallest absolute Gasteiger partial charge is 0.0700 e. The zero-order chi connectivity index (χ0) is 11.4. The lowest BCUT2D eigenvalue weighted by Gasteiger charge is -2.09. The Balaban J connectivity index is 1.77. The normalized spacial score (nSPS) is 20.5. The van der Waals surface area contributed by atoms with Crippen LogP contribution in [0.2, 0.25) is 0 Å². The van der Waals surface area contributed by atoms with Gasteiger partial charge in [-0.2, -0.15) is 5.10 Å². The van der Waals surface area contributed by atoms with Gasteiger partial charge in [0.15, 0.2) is 0 Å². The van der Waals surface area contributed by atoms with E-state index >= 15 is 0 Å². The molecule has 2 rings (SSSR count). The highest BCUT2D eigenvalue weighted by Crippen LogP contribution is 2.11. The van der Waals surface area contributed by atoms with Gasteiger partial charge in [0.2, 0.25) is 0 Å². The van der Waals surface area contributed by atoms with E-state index in [1.54, 1.807) is 0 Å². The van der Waals surface area contributed by atoms with Crippen molar-refractivity contribution in [1.29, 1.82) is 0 Å². The largest absolute Gasteiger partial charge is 0.377 e. The number of hydrogen-bond acceptors (Lipinski definition) is 3. The van der Waals surface area contributed by atoms with Crippen LogP contribution in [-0.4, -0.2) is 29.0 Å². The molecule has 0 aliphatic carbocycles. The van der Waals surface area contributed by atoms with Gasteiger partial charge in [0, 0.05) is 38.0 Å². The topological polar surface area (TPSA) is 39.1 Å². The Morgan fingerprint density at radius 3 is 3.12 bits per heavy atom. The molecule has 2 heterocycles. The summed E-state index contributed by atoms with van der Waals surface area (Å²) >= 11 is 0. The number of rotatable bonds is 5. The maximum atomic E-state index is 5.56. The van der Waals surface area contributed by atoms with Crippen LogP contribution in [0.3, 0.4) is 0 Å². The molecule has 1 saturated heterocycles. The van der Waals surface area contributed by atoms with Crippen molar-refractivity contribution in [3.05, 3.63) is 17.5 Å². The molecule has 1 aromatic rings. The Hall–Kier alpha value is -0.870. The fourth-order valence-corrected chi connectivity index (χ4v) is 2.07. The van der Waals surface area contributed by atoms with E-state index in [9.17, 15) is 0 Å². The molecule has 0 radical (unpaired) electrons. The summed E-state index contributed by atoms with van der Waals surface area (Å²) in [6.45, 7) is 7.89. The van der Waals surface area contributed by atoms with Gasteiger partial charge in [-0.3, -0.25) is 4.68 Å². The Morgan fingerprint density at radius 2 is 2.50 bits per heavy atom. The molecular formula is C12H21N3O. The Labute approximate surface area is 97.0 Å². The van der Waals surface area contributed by atoms with E-state index in [0.29, 0.717) is 6.10 Å². The van der Waals surface area contributed by atoms with Gasteiger partial charge in [-0.25, -0.2) is 0 Å². The van der Waals surface area contributed by atoms with E-state index in [1.165, 1.54) is 18.4 Å². The molecule has 1 aliphatic rings. The first-order valence-corrected chi connectivity index (χ1v) is 6.15. The molecule has 0 bridgehead atoms. The molecule has 16 heavy (non-hydrogen) atoms. The molecule has 1 N–H and O–H groups in total. The third kappa shape index (κ3) is 2.83. The fraction of sp³-hybridized carbons (Fsp3) is 0.750. The second-order valence-electron chi connectivity index (χ2n) is 4.36. The average Bonchev–Trinajstić information content (AvgIpc) is 2.89. The molecule has 0 saturated carbocycles. The monoisotopic (exact) mass is 223 g/mol. The summed E-state index contributed by atoms with van der Waals surface area (Å²) in [5.41, 5.74) is 2.42. The Kier molecular flexibility index (Phi) is 3.96. The number of hydrogen-bond donors (Lipinski definition) is 1. The third-order valence-corrected chi connectivity index (χ3v) is 3.08. The van der Waals surface area contributed by atoms with Crippen LogP contribution in [0.4, 0.5) is 0 Å². The molecule has 0 unspecified atom stereocenters. The Morgan fingerprint density at radius 1 is 1.62 bits per heavy atom. The fourth-order valence-electron chi connectivity index (χ4n) is 2.07. The molecule has 1 atom stereocenters. The first kappa shape index (κ1) is 11.6. The lowest BCUT2D eigenvalue weighted by atomic mass is 10.2. The standard InChI is InChI=1S/C12H21N3O/c1-3-15-9-11(10(2)14-15)7-13-8-12-5-4-6-16-12/h9,12-13H,3-8H2,1-2H3/t12-/m0/s1. The van der Waals surface area contributed by atoms with Crippen LogP contribution in [0, 0.1) is 6.92 Å². The van der Waals surface area contributed by atoms with Crippen molar-refractivity contribution >= 4 is 0 Å². The molecule has 0 aromatic carbocycles. The zero-order valence-electron chi connectivity index (χ0n) is 10.2. The quantitative estimate of drug-likeness (QED) is 0.822. The van der Waals surface area contributed by atoms with E-state index in [1.807, 2.05) is 4.68 Å². The second kappa shape index (κ2) is 5.46. The van der Waals surface area contributed by atoms with Crippen molar-refractivity contribution in [1.82, 2.24) is 15.1 Å². The molecule has 1 aliphatic heterocycles. The van der Waals surface area contributed by atoms with Crippen LogP contribution in [0.5, 0.6) is 0 Å². The zero-order valence-corrected chi connectivity index (χ0v) is 10.2. The molecular weight excluding hydrogens is 202 g/mol. The van der Waals surface area contributed by atoms with Crippen LogP contribution in [0.15, 0.2) is 6.20 Å². The minimum atomic E-state index is 0.418. The maximum Gasteiger partial charge on any atom is 0.0700 e. The van der Waals surface area contributed by atoms with E-state index in [-0.39, 0.29) is 0 Å². The van der Waals surface area contributed by atoms with E-state index < -0.39 is 0 Å². The third-order valence-electron chi connectivity index (χ3n) is 3.08. The number of aromatic nitrogens is 2. The predicted molar refractivity (Wildman–Crippen MR) is 63.3 cm³/mol. The summed E-state index contributed by atoms with van der Waals surface area (Å²) in [5, 5.41) is 7.87. The highest BCUT2D eigenvalue weighted by molar-refractivity contribution is 5.14. The van der Waals surface area contributed by atoms with Gasteiger partial charge in [0.05, 0.1) is 11.8 Å². The van der Waals surface area contributed by atoms with E-state index in [2.05, 4.69) is 30.5 Å². The highest BCUT2D eigenvalue weighted by Gasteiger charge is 2.14.